The molecule has 1 aromatic heterocycles. The Morgan fingerprint density at radius 3 is 2.72 bits per heavy atom. The van der Waals surface area contributed by atoms with Gasteiger partial charge in [-0.3, -0.25) is 9.59 Å². The topological polar surface area (TPSA) is 123 Å². The van der Waals surface area contributed by atoms with Crippen molar-refractivity contribution in [3.63, 3.8) is 0 Å². The van der Waals surface area contributed by atoms with Crippen LogP contribution in [0.4, 0.5) is 5.13 Å². The summed E-state index contributed by atoms with van der Waals surface area (Å²) in [6, 6.07) is -0.768. The number of nitrogens with zero attached hydrogens (tertiary/aromatic N) is 2. The molecule has 1 fully saturated rings. The molecule has 0 radical (unpaired) electrons. The van der Waals surface area contributed by atoms with Crippen molar-refractivity contribution in [2.75, 3.05) is 12.3 Å². The molecule has 0 bridgehead atoms. The molecule has 2 rings (SSSR count). The highest BCUT2D eigenvalue weighted by Crippen LogP contribution is 2.26. The van der Waals surface area contributed by atoms with Gasteiger partial charge in [-0.25, -0.2) is 4.98 Å². The molecule has 2 unspecified atom stereocenters. The van der Waals surface area contributed by atoms with Crippen LogP contribution in [-0.2, 0) is 4.79 Å². The molecule has 98 valence electrons. The molecule has 2 atom stereocenters. The van der Waals surface area contributed by atoms with Crippen LogP contribution in [0.2, 0.25) is 0 Å². The lowest BCUT2D eigenvalue weighted by Gasteiger charge is -2.21. The fraction of sp³-hybridized carbons (Fsp3) is 0.500. The van der Waals surface area contributed by atoms with Gasteiger partial charge in [0.15, 0.2) is 5.13 Å². The molecule has 8 heteroatoms. The Morgan fingerprint density at radius 1 is 1.56 bits per heavy atom. The van der Waals surface area contributed by atoms with Gasteiger partial charge in [-0.15, -0.1) is 0 Å². The summed E-state index contributed by atoms with van der Waals surface area (Å²) in [5.41, 5.74) is 11.3. The summed E-state index contributed by atoms with van der Waals surface area (Å²) in [5, 5.41) is 9.85. The average molecular weight is 270 g/mol. The SMILES string of the molecule is Cc1nc(N)sc1C(=O)N1CC(O)CC1C(N)=O. The van der Waals surface area contributed by atoms with E-state index in [4.69, 9.17) is 11.5 Å². The Morgan fingerprint density at radius 2 is 2.22 bits per heavy atom. The number of carbonyl (C=O) groups excluding carboxylic acids is 2. The van der Waals surface area contributed by atoms with E-state index in [0.717, 1.165) is 11.3 Å². The van der Waals surface area contributed by atoms with Crippen LogP contribution in [-0.4, -0.2) is 45.5 Å². The third-order valence-electron chi connectivity index (χ3n) is 2.88. The zero-order valence-corrected chi connectivity index (χ0v) is 10.6. The molecule has 2 heterocycles. The first-order chi connectivity index (χ1) is 8.40. The first-order valence-corrected chi connectivity index (χ1v) is 6.23. The quantitative estimate of drug-likeness (QED) is 0.642. The summed E-state index contributed by atoms with van der Waals surface area (Å²) in [7, 11) is 0. The normalized spacial score (nSPS) is 23.3. The summed E-state index contributed by atoms with van der Waals surface area (Å²) < 4.78 is 0. The van der Waals surface area contributed by atoms with Gasteiger partial charge < -0.3 is 21.5 Å². The number of aromatic nitrogens is 1. The number of hydrogen-bond acceptors (Lipinski definition) is 6. The van der Waals surface area contributed by atoms with Crippen LogP contribution in [0.5, 0.6) is 0 Å². The number of rotatable bonds is 2. The van der Waals surface area contributed by atoms with Gasteiger partial charge >= 0.3 is 0 Å². The van der Waals surface area contributed by atoms with Crippen molar-refractivity contribution in [2.24, 2.45) is 5.73 Å². The fourth-order valence-corrected chi connectivity index (χ4v) is 2.84. The third-order valence-corrected chi connectivity index (χ3v) is 3.85. The third kappa shape index (κ3) is 2.16. The Hall–Kier alpha value is -1.67. The second-order valence-corrected chi connectivity index (χ2v) is 5.26. The number of aliphatic hydroxyl groups is 1. The van der Waals surface area contributed by atoms with Crippen LogP contribution in [0.3, 0.4) is 0 Å². The van der Waals surface area contributed by atoms with E-state index in [1.54, 1.807) is 6.92 Å². The van der Waals surface area contributed by atoms with Crippen molar-refractivity contribution < 1.29 is 14.7 Å². The van der Waals surface area contributed by atoms with Gasteiger partial charge in [0.05, 0.1) is 11.8 Å². The molecule has 1 aliphatic heterocycles. The highest BCUT2D eigenvalue weighted by Gasteiger charge is 2.39. The number of aliphatic hydroxyl groups excluding tert-OH is 1. The number of likely N-dealkylation sites (tertiary alicyclic amines) is 1. The van der Waals surface area contributed by atoms with E-state index in [9.17, 15) is 14.7 Å². The Kier molecular flexibility index (Phi) is 3.22. The number of hydrogen-bond donors (Lipinski definition) is 3. The predicted molar refractivity (Wildman–Crippen MR) is 65.9 cm³/mol. The number of amides is 2. The summed E-state index contributed by atoms with van der Waals surface area (Å²) >= 11 is 1.07. The first-order valence-electron chi connectivity index (χ1n) is 5.41. The maximum absolute atomic E-state index is 12.3. The van der Waals surface area contributed by atoms with Crippen LogP contribution >= 0.6 is 11.3 Å². The standard InChI is InChI=1S/C10H14N4O3S/c1-4-7(18-10(12)13-4)9(17)14-3-5(15)2-6(14)8(11)16/h5-6,15H,2-3H2,1H3,(H2,11,16)(H2,12,13). The average Bonchev–Trinajstić information content (AvgIpc) is 2.81. The van der Waals surface area contributed by atoms with Crippen LogP contribution in [0.1, 0.15) is 21.8 Å². The lowest BCUT2D eigenvalue weighted by Crippen LogP contribution is -2.43. The van der Waals surface area contributed by atoms with E-state index >= 15 is 0 Å². The molecule has 0 aliphatic carbocycles. The van der Waals surface area contributed by atoms with Gasteiger partial charge in [-0.2, -0.15) is 0 Å². The van der Waals surface area contributed by atoms with Crippen molar-refractivity contribution in [3.8, 4) is 0 Å². The van der Waals surface area contributed by atoms with E-state index in [0.29, 0.717) is 15.7 Å². The first kappa shape index (κ1) is 12.8. The number of nitrogen functional groups attached to an aromatic ring is 1. The number of aryl methyl sites for hydroxylation is 1. The number of β-amino-alcohol motifs (C(OH)–C–C–N with tert-alkyl or cyclic N) is 1. The molecule has 0 aromatic carbocycles. The zero-order valence-electron chi connectivity index (χ0n) is 9.79. The van der Waals surface area contributed by atoms with Crippen molar-refractivity contribution in [1.82, 2.24) is 9.88 Å². The molecule has 2 amide bonds. The summed E-state index contributed by atoms with van der Waals surface area (Å²) in [6.45, 7) is 1.77. The van der Waals surface area contributed by atoms with Crippen LogP contribution in [0.15, 0.2) is 0 Å². The van der Waals surface area contributed by atoms with Gasteiger partial charge in [-0.1, -0.05) is 11.3 Å². The number of carbonyl (C=O) groups is 2. The molecule has 0 saturated carbocycles. The highest BCUT2D eigenvalue weighted by atomic mass is 32.1. The molecular formula is C10H14N4O3S. The van der Waals surface area contributed by atoms with Gasteiger partial charge in [0.2, 0.25) is 5.91 Å². The van der Waals surface area contributed by atoms with E-state index in [2.05, 4.69) is 4.98 Å². The fourth-order valence-electron chi connectivity index (χ4n) is 2.05. The monoisotopic (exact) mass is 270 g/mol. The van der Waals surface area contributed by atoms with Crippen molar-refractivity contribution >= 4 is 28.3 Å². The minimum Gasteiger partial charge on any atom is -0.391 e. The summed E-state index contributed by atoms with van der Waals surface area (Å²) in [6.07, 6.45) is -0.550. The lowest BCUT2D eigenvalue weighted by molar-refractivity contribution is -0.121. The Balaban J connectivity index is 2.28. The zero-order chi connectivity index (χ0) is 13.4. The molecular weight excluding hydrogens is 256 g/mol. The maximum Gasteiger partial charge on any atom is 0.266 e. The van der Waals surface area contributed by atoms with E-state index in [-0.39, 0.29) is 18.9 Å². The van der Waals surface area contributed by atoms with Gasteiger partial charge in [0.25, 0.3) is 5.91 Å². The largest absolute Gasteiger partial charge is 0.391 e. The summed E-state index contributed by atoms with van der Waals surface area (Å²) in [4.78, 5) is 29.2. The minimum atomic E-state index is -0.768. The van der Waals surface area contributed by atoms with Gasteiger partial charge in [-0.05, 0) is 6.92 Å². The molecule has 0 spiro atoms. The highest BCUT2D eigenvalue weighted by molar-refractivity contribution is 7.17. The predicted octanol–water partition coefficient (Wildman–Crippen LogP) is -0.906. The number of primary amides is 1. The molecule has 5 N–H and O–H groups in total. The molecule has 1 aliphatic rings. The summed E-state index contributed by atoms with van der Waals surface area (Å²) in [5.74, 6) is -0.975. The smallest absolute Gasteiger partial charge is 0.266 e. The molecule has 7 nitrogen and oxygen atoms in total. The molecule has 1 saturated heterocycles. The van der Waals surface area contributed by atoms with Gasteiger partial charge in [0, 0.05) is 13.0 Å². The number of nitrogens with two attached hydrogens (primary N) is 2. The number of thiazole rings is 1. The Bertz CT molecular complexity index is 501. The lowest BCUT2D eigenvalue weighted by atomic mass is 10.2. The van der Waals surface area contributed by atoms with Gasteiger partial charge in [0.1, 0.15) is 10.9 Å². The van der Waals surface area contributed by atoms with E-state index < -0.39 is 18.1 Å². The Labute approximate surface area is 107 Å². The van der Waals surface area contributed by atoms with Crippen LogP contribution in [0, 0.1) is 6.92 Å². The van der Waals surface area contributed by atoms with E-state index in [1.165, 1.54) is 4.90 Å². The second-order valence-electron chi connectivity index (χ2n) is 4.23. The van der Waals surface area contributed by atoms with Crippen molar-refractivity contribution in [1.29, 1.82) is 0 Å². The minimum absolute atomic E-state index is 0.101. The van der Waals surface area contributed by atoms with Crippen molar-refractivity contribution in [3.05, 3.63) is 10.6 Å². The number of anilines is 1. The van der Waals surface area contributed by atoms with Crippen LogP contribution in [0.25, 0.3) is 0 Å². The molecule has 1 aromatic rings. The second kappa shape index (κ2) is 4.54. The maximum atomic E-state index is 12.3. The molecule has 18 heavy (non-hydrogen) atoms. The van der Waals surface area contributed by atoms with Crippen LogP contribution < -0.4 is 11.5 Å². The van der Waals surface area contributed by atoms with E-state index in [1.807, 2.05) is 0 Å². The van der Waals surface area contributed by atoms with Crippen molar-refractivity contribution in [2.45, 2.75) is 25.5 Å².